The van der Waals surface area contributed by atoms with Gasteiger partial charge in [-0.3, -0.25) is 19.4 Å². The lowest BCUT2D eigenvalue weighted by Gasteiger charge is -2.16. The summed E-state index contributed by atoms with van der Waals surface area (Å²) in [5.74, 6) is -0.449. The van der Waals surface area contributed by atoms with E-state index < -0.39 is 5.91 Å². The minimum absolute atomic E-state index is 0.449. The van der Waals surface area contributed by atoms with Gasteiger partial charge in [0.2, 0.25) is 0 Å². The second kappa shape index (κ2) is 9.95. The van der Waals surface area contributed by atoms with Crippen molar-refractivity contribution in [3.63, 3.8) is 0 Å². The van der Waals surface area contributed by atoms with Crippen molar-refractivity contribution in [3.05, 3.63) is 102 Å². The highest BCUT2D eigenvalue weighted by atomic mass is 16.5. The normalized spacial score (nSPS) is 12.3. The van der Waals surface area contributed by atoms with E-state index in [4.69, 9.17) is 20.6 Å². The number of aryl methyl sites for hydroxylation is 2. The highest BCUT2D eigenvalue weighted by Crippen LogP contribution is 2.36. The Hall–Kier alpha value is -4.36. The molecular formula is C30H27N5O2. The molecule has 0 aliphatic heterocycles. The number of benzene rings is 2. The standard InChI is InChI=1S/C30H27N5O2/c31-30(36)29-24-12-11-22-17-33-27(23-15-21-9-4-5-10-26(21)32-18-23)16-25(22)28(24)34-35(29)13-6-14-37-19-20-7-2-1-3-8-20/h1-5,7-10,15-18H,6,11-14,19H2,(H2,31,36). The molecular weight excluding hydrogens is 462 g/mol. The maximum atomic E-state index is 12.5. The van der Waals surface area contributed by atoms with Crippen molar-refractivity contribution in [1.82, 2.24) is 19.7 Å². The van der Waals surface area contributed by atoms with Gasteiger partial charge in [-0.05, 0) is 48.6 Å². The Balaban J connectivity index is 1.26. The largest absolute Gasteiger partial charge is 0.377 e. The van der Waals surface area contributed by atoms with Gasteiger partial charge < -0.3 is 10.5 Å². The summed E-state index contributed by atoms with van der Waals surface area (Å²) >= 11 is 0. The number of nitrogens with two attached hydrogens (primary N) is 1. The number of hydrogen-bond donors (Lipinski definition) is 1. The lowest BCUT2D eigenvalue weighted by molar-refractivity contribution is 0.0982. The summed E-state index contributed by atoms with van der Waals surface area (Å²) in [6.45, 7) is 1.69. The van der Waals surface area contributed by atoms with E-state index in [2.05, 4.69) is 17.1 Å². The second-order valence-corrected chi connectivity index (χ2v) is 9.30. The molecule has 1 amide bonds. The van der Waals surface area contributed by atoms with Gasteiger partial charge in [0, 0.05) is 47.6 Å². The van der Waals surface area contributed by atoms with Crippen LogP contribution in [0.25, 0.3) is 33.4 Å². The molecule has 2 N–H and O–H groups in total. The van der Waals surface area contributed by atoms with Crippen LogP contribution in [0.1, 0.15) is 33.6 Å². The van der Waals surface area contributed by atoms with E-state index in [0.717, 1.165) is 62.9 Å². The predicted octanol–water partition coefficient (Wildman–Crippen LogP) is 4.96. The van der Waals surface area contributed by atoms with E-state index >= 15 is 0 Å². The molecule has 7 heteroatoms. The van der Waals surface area contributed by atoms with Crippen LogP contribution in [0.2, 0.25) is 0 Å². The monoisotopic (exact) mass is 489 g/mol. The third-order valence-electron chi connectivity index (χ3n) is 6.83. The molecule has 1 aliphatic rings. The van der Waals surface area contributed by atoms with Crippen molar-refractivity contribution in [2.24, 2.45) is 5.73 Å². The molecule has 3 heterocycles. The molecule has 0 unspecified atom stereocenters. The lowest BCUT2D eigenvalue weighted by Crippen LogP contribution is -2.20. The average Bonchev–Trinajstić information content (AvgIpc) is 3.32. The molecule has 37 heavy (non-hydrogen) atoms. The number of carbonyl (C=O) groups excluding carboxylic acids is 1. The number of aromatic nitrogens is 4. The first-order valence-corrected chi connectivity index (χ1v) is 12.5. The van der Waals surface area contributed by atoms with Gasteiger partial charge in [-0.15, -0.1) is 0 Å². The quantitative estimate of drug-likeness (QED) is 0.311. The van der Waals surface area contributed by atoms with Gasteiger partial charge in [0.05, 0.1) is 23.5 Å². The molecule has 0 atom stereocenters. The van der Waals surface area contributed by atoms with E-state index in [1.54, 1.807) is 4.68 Å². The molecule has 5 aromatic rings. The number of para-hydroxylation sites is 1. The fourth-order valence-corrected chi connectivity index (χ4v) is 5.00. The van der Waals surface area contributed by atoms with E-state index in [1.807, 2.05) is 67.0 Å². The Morgan fingerprint density at radius 3 is 2.68 bits per heavy atom. The summed E-state index contributed by atoms with van der Waals surface area (Å²) in [5, 5.41) is 5.94. The number of primary amides is 1. The maximum Gasteiger partial charge on any atom is 0.267 e. The molecule has 0 fully saturated rings. The fourth-order valence-electron chi connectivity index (χ4n) is 5.00. The second-order valence-electron chi connectivity index (χ2n) is 9.30. The number of pyridine rings is 2. The minimum Gasteiger partial charge on any atom is -0.377 e. The molecule has 7 nitrogen and oxygen atoms in total. The fraction of sp³-hybridized carbons (Fsp3) is 0.200. The molecule has 184 valence electrons. The Morgan fingerprint density at radius 2 is 1.81 bits per heavy atom. The van der Waals surface area contributed by atoms with Crippen LogP contribution in [0.15, 0.2) is 79.1 Å². The molecule has 2 aromatic carbocycles. The summed E-state index contributed by atoms with van der Waals surface area (Å²) < 4.78 is 7.58. The molecule has 6 rings (SSSR count). The van der Waals surface area contributed by atoms with Gasteiger partial charge in [-0.25, -0.2) is 0 Å². The van der Waals surface area contributed by atoms with Crippen LogP contribution in [-0.2, 0) is 30.7 Å². The van der Waals surface area contributed by atoms with E-state index in [1.165, 1.54) is 0 Å². The maximum absolute atomic E-state index is 12.5. The van der Waals surface area contributed by atoms with Crippen LogP contribution in [0.4, 0.5) is 0 Å². The highest BCUT2D eigenvalue weighted by molar-refractivity contribution is 5.95. The summed E-state index contributed by atoms with van der Waals surface area (Å²) in [6.07, 6.45) is 6.00. The van der Waals surface area contributed by atoms with Crippen LogP contribution in [0.5, 0.6) is 0 Å². The van der Waals surface area contributed by atoms with Crippen molar-refractivity contribution >= 4 is 16.8 Å². The lowest BCUT2D eigenvalue weighted by atomic mass is 9.89. The summed E-state index contributed by atoms with van der Waals surface area (Å²) in [7, 11) is 0. The number of rotatable bonds is 8. The molecule has 0 saturated carbocycles. The topological polar surface area (TPSA) is 95.9 Å². The van der Waals surface area contributed by atoms with Crippen molar-refractivity contribution in [2.75, 3.05) is 6.61 Å². The SMILES string of the molecule is NC(=O)c1c2c(nn1CCCOCc1ccccc1)-c1cc(-c3cnc4ccccc4c3)ncc1CC2. The van der Waals surface area contributed by atoms with Gasteiger partial charge in [0.1, 0.15) is 5.69 Å². The van der Waals surface area contributed by atoms with Gasteiger partial charge in [0.15, 0.2) is 0 Å². The van der Waals surface area contributed by atoms with Gasteiger partial charge >= 0.3 is 0 Å². The molecule has 0 spiro atoms. The summed E-state index contributed by atoms with van der Waals surface area (Å²) in [6, 6.07) is 22.3. The van der Waals surface area contributed by atoms with Crippen LogP contribution < -0.4 is 5.73 Å². The predicted molar refractivity (Wildman–Crippen MR) is 143 cm³/mol. The van der Waals surface area contributed by atoms with Gasteiger partial charge in [-0.1, -0.05) is 48.5 Å². The Kier molecular flexibility index (Phi) is 6.20. The molecule has 1 aliphatic carbocycles. The number of amides is 1. The summed E-state index contributed by atoms with van der Waals surface area (Å²) in [5.41, 5.74) is 14.0. The van der Waals surface area contributed by atoms with Gasteiger partial charge in [-0.2, -0.15) is 5.10 Å². The Labute approximate surface area is 214 Å². The van der Waals surface area contributed by atoms with Crippen molar-refractivity contribution in [2.45, 2.75) is 32.4 Å². The first-order valence-electron chi connectivity index (χ1n) is 12.5. The number of nitrogens with zero attached hydrogens (tertiary/aromatic N) is 4. The zero-order valence-electron chi connectivity index (χ0n) is 20.4. The third-order valence-corrected chi connectivity index (χ3v) is 6.83. The first-order chi connectivity index (χ1) is 18.2. The Morgan fingerprint density at radius 1 is 0.973 bits per heavy atom. The van der Waals surface area contributed by atoms with Gasteiger partial charge in [0.25, 0.3) is 5.91 Å². The first kappa shape index (κ1) is 23.1. The van der Waals surface area contributed by atoms with Crippen molar-refractivity contribution in [1.29, 1.82) is 0 Å². The number of fused-ring (bicyclic) bond motifs is 4. The average molecular weight is 490 g/mol. The van der Waals surface area contributed by atoms with Crippen molar-refractivity contribution in [3.8, 4) is 22.5 Å². The van der Waals surface area contributed by atoms with Crippen LogP contribution in [0, 0.1) is 0 Å². The minimum atomic E-state index is -0.449. The molecule has 0 radical (unpaired) electrons. The summed E-state index contributed by atoms with van der Waals surface area (Å²) in [4.78, 5) is 21.8. The van der Waals surface area contributed by atoms with E-state index in [9.17, 15) is 4.79 Å². The Bertz CT molecular complexity index is 1590. The zero-order valence-corrected chi connectivity index (χ0v) is 20.4. The smallest absolute Gasteiger partial charge is 0.267 e. The van der Waals surface area contributed by atoms with E-state index in [-0.39, 0.29) is 0 Å². The van der Waals surface area contributed by atoms with E-state index in [0.29, 0.717) is 31.9 Å². The number of ether oxygens (including phenoxy) is 1. The van der Waals surface area contributed by atoms with Crippen molar-refractivity contribution < 1.29 is 9.53 Å². The third kappa shape index (κ3) is 4.61. The van der Waals surface area contributed by atoms with Crippen LogP contribution in [0.3, 0.4) is 0 Å². The zero-order chi connectivity index (χ0) is 25.2. The van der Waals surface area contributed by atoms with Crippen LogP contribution in [-0.4, -0.2) is 32.3 Å². The molecule has 0 saturated heterocycles. The highest BCUT2D eigenvalue weighted by Gasteiger charge is 2.28. The number of hydrogen-bond acceptors (Lipinski definition) is 5. The number of carbonyl (C=O) groups is 1. The van der Waals surface area contributed by atoms with Crippen LogP contribution >= 0.6 is 0 Å². The molecule has 3 aromatic heterocycles. The molecule has 0 bridgehead atoms.